The Labute approximate surface area is 136 Å². The van der Waals surface area contributed by atoms with Crippen LogP contribution in [0.15, 0.2) is 17.0 Å². The van der Waals surface area contributed by atoms with Crippen LogP contribution in [0.3, 0.4) is 0 Å². The first-order chi connectivity index (χ1) is 9.77. The number of halogens is 2. The molecule has 2 N–H and O–H groups in total. The van der Waals surface area contributed by atoms with Gasteiger partial charge in [-0.15, -0.1) is 0 Å². The molecule has 0 saturated heterocycles. The van der Waals surface area contributed by atoms with E-state index in [0.29, 0.717) is 23.7 Å². The van der Waals surface area contributed by atoms with Gasteiger partial charge in [-0.25, -0.2) is 13.1 Å². The Morgan fingerprint density at radius 1 is 1.24 bits per heavy atom. The van der Waals surface area contributed by atoms with Crippen LogP contribution in [0.1, 0.15) is 19.4 Å². The average molecular weight is 355 g/mol. The number of benzene rings is 1. The summed E-state index contributed by atoms with van der Waals surface area (Å²) in [5.41, 5.74) is 0.669. The normalized spacial score (nSPS) is 12.1. The Morgan fingerprint density at radius 3 is 2.48 bits per heavy atom. The van der Waals surface area contributed by atoms with Crippen LogP contribution in [0, 0.1) is 0 Å². The molecule has 0 radical (unpaired) electrons. The van der Waals surface area contributed by atoms with Gasteiger partial charge in [0.25, 0.3) is 0 Å². The number of hydrogen-bond donors (Lipinski definition) is 2. The maximum absolute atomic E-state index is 12.3. The van der Waals surface area contributed by atoms with Gasteiger partial charge in [-0.3, -0.25) is 0 Å². The smallest absolute Gasteiger partial charge is 0.242 e. The molecule has 21 heavy (non-hydrogen) atoms. The second-order valence-corrected chi connectivity index (χ2v) is 7.27. The third-order valence-corrected chi connectivity index (χ3v) is 4.88. The fourth-order valence-electron chi connectivity index (χ4n) is 1.65. The number of nitrogens with one attached hydrogen (secondary N) is 2. The van der Waals surface area contributed by atoms with Crippen LogP contribution in [0.25, 0.3) is 0 Å². The van der Waals surface area contributed by atoms with Gasteiger partial charge in [0, 0.05) is 18.1 Å². The Kier molecular flexibility index (Phi) is 7.39. The highest BCUT2D eigenvalue weighted by molar-refractivity contribution is 7.89. The van der Waals surface area contributed by atoms with Crippen LogP contribution < -0.4 is 10.0 Å². The third kappa shape index (κ3) is 5.73. The highest BCUT2D eigenvalue weighted by atomic mass is 35.5. The van der Waals surface area contributed by atoms with Crippen LogP contribution in [-0.4, -0.2) is 34.7 Å². The van der Waals surface area contributed by atoms with Gasteiger partial charge < -0.3 is 10.1 Å². The minimum atomic E-state index is -3.69. The summed E-state index contributed by atoms with van der Waals surface area (Å²) in [5.74, 6) is 0. The average Bonchev–Trinajstić information content (AvgIpc) is 2.37. The van der Waals surface area contributed by atoms with Crippen LogP contribution in [0.4, 0.5) is 0 Å². The molecule has 0 fully saturated rings. The first-order valence-corrected chi connectivity index (χ1v) is 8.75. The van der Waals surface area contributed by atoms with Crippen LogP contribution >= 0.6 is 23.2 Å². The summed E-state index contributed by atoms with van der Waals surface area (Å²) < 4.78 is 32.3. The summed E-state index contributed by atoms with van der Waals surface area (Å²) >= 11 is 12.0. The molecule has 0 amide bonds. The Hall–Kier alpha value is -0.370. The predicted molar refractivity (Wildman–Crippen MR) is 85.5 cm³/mol. The van der Waals surface area contributed by atoms with Gasteiger partial charge in [0.2, 0.25) is 10.0 Å². The monoisotopic (exact) mass is 354 g/mol. The van der Waals surface area contributed by atoms with Gasteiger partial charge in [-0.2, -0.15) is 0 Å². The zero-order valence-electron chi connectivity index (χ0n) is 12.2. The van der Waals surface area contributed by atoms with Gasteiger partial charge in [-0.05, 0) is 38.6 Å². The summed E-state index contributed by atoms with van der Waals surface area (Å²) in [6.45, 7) is 4.70. The van der Waals surface area contributed by atoms with Crippen molar-refractivity contribution in [3.63, 3.8) is 0 Å². The van der Waals surface area contributed by atoms with Crippen molar-refractivity contribution in [2.24, 2.45) is 0 Å². The van der Waals surface area contributed by atoms with E-state index in [4.69, 9.17) is 27.9 Å². The van der Waals surface area contributed by atoms with E-state index >= 15 is 0 Å². The molecule has 1 aromatic carbocycles. The molecule has 120 valence electrons. The lowest BCUT2D eigenvalue weighted by atomic mass is 10.2. The molecule has 0 aromatic heterocycles. The van der Waals surface area contributed by atoms with Crippen molar-refractivity contribution in [2.75, 3.05) is 20.2 Å². The summed E-state index contributed by atoms with van der Waals surface area (Å²) in [4.78, 5) is 0.0170. The molecule has 0 unspecified atom stereocenters. The lowest BCUT2D eigenvalue weighted by Crippen LogP contribution is -2.28. The highest BCUT2D eigenvalue weighted by Gasteiger charge is 2.19. The largest absolute Gasteiger partial charge is 0.377 e. The van der Waals surface area contributed by atoms with Gasteiger partial charge in [0.05, 0.1) is 17.7 Å². The van der Waals surface area contributed by atoms with E-state index in [-0.39, 0.29) is 22.6 Å². The van der Waals surface area contributed by atoms with E-state index < -0.39 is 10.0 Å². The lowest BCUT2D eigenvalue weighted by Gasteiger charge is -2.12. The van der Waals surface area contributed by atoms with Crippen LogP contribution in [0.2, 0.25) is 10.0 Å². The molecule has 0 spiro atoms. The molecule has 0 heterocycles. The van der Waals surface area contributed by atoms with E-state index in [1.54, 1.807) is 7.05 Å². The van der Waals surface area contributed by atoms with E-state index in [1.165, 1.54) is 12.1 Å². The zero-order valence-corrected chi connectivity index (χ0v) is 14.6. The number of hydrogen-bond acceptors (Lipinski definition) is 4. The number of rotatable bonds is 8. The van der Waals surface area contributed by atoms with E-state index in [1.807, 2.05) is 13.8 Å². The molecule has 1 aromatic rings. The van der Waals surface area contributed by atoms with Crippen molar-refractivity contribution in [3.05, 3.63) is 27.7 Å². The van der Waals surface area contributed by atoms with Gasteiger partial charge >= 0.3 is 0 Å². The standard InChI is InChI=1S/C13H20Cl2N2O3S/c1-9(2)20-5-4-17-21(18,19)13-6-10(8-16-3)11(14)7-12(13)15/h6-7,9,16-17H,4-5,8H2,1-3H3. The molecular weight excluding hydrogens is 335 g/mol. The maximum atomic E-state index is 12.3. The Balaban J connectivity index is 2.89. The van der Waals surface area contributed by atoms with Crippen molar-refractivity contribution < 1.29 is 13.2 Å². The second-order valence-electron chi connectivity index (χ2n) is 4.72. The molecular formula is C13H20Cl2N2O3S. The maximum Gasteiger partial charge on any atom is 0.242 e. The minimum absolute atomic E-state index is 0.0170. The van der Waals surface area contributed by atoms with Crippen molar-refractivity contribution >= 4 is 33.2 Å². The van der Waals surface area contributed by atoms with Gasteiger partial charge in [-0.1, -0.05) is 23.2 Å². The lowest BCUT2D eigenvalue weighted by molar-refractivity contribution is 0.0834. The number of ether oxygens (including phenoxy) is 1. The first kappa shape index (κ1) is 18.7. The fourth-order valence-corrected chi connectivity index (χ4v) is 3.53. The van der Waals surface area contributed by atoms with Crippen molar-refractivity contribution in [1.29, 1.82) is 0 Å². The third-order valence-electron chi connectivity index (χ3n) is 2.60. The molecule has 0 atom stereocenters. The van der Waals surface area contributed by atoms with E-state index in [9.17, 15) is 8.42 Å². The Bertz CT molecular complexity index is 577. The summed E-state index contributed by atoms with van der Waals surface area (Å²) in [6.07, 6.45) is 0.0517. The molecule has 8 heteroatoms. The van der Waals surface area contributed by atoms with E-state index in [0.717, 1.165) is 0 Å². The van der Waals surface area contributed by atoms with Gasteiger partial charge in [0.1, 0.15) is 4.90 Å². The van der Waals surface area contributed by atoms with Crippen LogP contribution in [0.5, 0.6) is 0 Å². The molecule has 1 rings (SSSR count). The van der Waals surface area contributed by atoms with Crippen molar-refractivity contribution in [1.82, 2.24) is 10.0 Å². The molecule has 0 bridgehead atoms. The molecule has 5 nitrogen and oxygen atoms in total. The summed E-state index contributed by atoms with van der Waals surface area (Å²) in [7, 11) is -1.94. The minimum Gasteiger partial charge on any atom is -0.377 e. The van der Waals surface area contributed by atoms with Crippen molar-refractivity contribution in [3.8, 4) is 0 Å². The first-order valence-electron chi connectivity index (χ1n) is 6.51. The van der Waals surface area contributed by atoms with Crippen molar-refractivity contribution in [2.45, 2.75) is 31.4 Å². The predicted octanol–water partition coefficient (Wildman–Crippen LogP) is 2.42. The summed E-state index contributed by atoms with van der Waals surface area (Å²) in [6, 6.07) is 2.92. The molecule has 0 aliphatic carbocycles. The van der Waals surface area contributed by atoms with E-state index in [2.05, 4.69) is 10.0 Å². The second kappa shape index (κ2) is 8.31. The molecule has 0 aliphatic heterocycles. The zero-order chi connectivity index (χ0) is 16.0. The topological polar surface area (TPSA) is 67.4 Å². The fraction of sp³-hybridized carbons (Fsp3) is 0.538. The summed E-state index contributed by atoms with van der Waals surface area (Å²) in [5, 5.41) is 3.45. The van der Waals surface area contributed by atoms with Crippen LogP contribution in [-0.2, 0) is 21.3 Å². The number of sulfonamides is 1. The quantitative estimate of drug-likeness (QED) is 0.703. The molecule has 0 saturated carbocycles. The Morgan fingerprint density at radius 2 is 1.90 bits per heavy atom. The molecule has 0 aliphatic rings. The SMILES string of the molecule is CNCc1cc(S(=O)(=O)NCCOC(C)C)c(Cl)cc1Cl. The highest BCUT2D eigenvalue weighted by Crippen LogP contribution is 2.28. The van der Waals surface area contributed by atoms with Gasteiger partial charge in [0.15, 0.2) is 0 Å².